The molecular weight excluding hydrogens is 425 g/mol. The van der Waals surface area contributed by atoms with Crippen molar-refractivity contribution in [3.8, 4) is 16.9 Å². The van der Waals surface area contributed by atoms with Gasteiger partial charge in [0, 0.05) is 12.5 Å². The van der Waals surface area contributed by atoms with Gasteiger partial charge in [-0.3, -0.25) is 4.79 Å². The van der Waals surface area contributed by atoms with Crippen LogP contribution in [0.2, 0.25) is 0 Å². The summed E-state index contributed by atoms with van der Waals surface area (Å²) in [5.74, 6) is -2.59. The fourth-order valence-corrected chi connectivity index (χ4v) is 4.22. The number of carbonyl (C=O) groups is 2. The Kier molecular flexibility index (Phi) is 6.58. The summed E-state index contributed by atoms with van der Waals surface area (Å²) >= 11 is 0. The molecule has 0 radical (unpaired) electrons. The van der Waals surface area contributed by atoms with Gasteiger partial charge in [0.2, 0.25) is 0 Å². The third-order valence-corrected chi connectivity index (χ3v) is 5.87. The zero-order valence-corrected chi connectivity index (χ0v) is 18.1. The molecule has 3 aromatic carbocycles. The number of methoxy groups -OCH3 is 1. The summed E-state index contributed by atoms with van der Waals surface area (Å²) in [5, 5.41) is 12.0. The van der Waals surface area contributed by atoms with E-state index in [9.17, 15) is 19.1 Å². The average Bonchev–Trinajstić information content (AvgIpc) is 3.16. The zero-order chi connectivity index (χ0) is 23.4. The molecule has 170 valence electrons. The highest BCUT2D eigenvalue weighted by atomic mass is 19.1. The average molecular weight is 449 g/mol. The monoisotopic (exact) mass is 449 g/mol. The lowest BCUT2D eigenvalue weighted by molar-refractivity contribution is -0.145. The van der Waals surface area contributed by atoms with E-state index in [1.165, 1.54) is 19.2 Å². The first-order valence-corrected chi connectivity index (χ1v) is 10.6. The molecule has 0 aliphatic heterocycles. The number of benzene rings is 3. The third kappa shape index (κ3) is 4.82. The van der Waals surface area contributed by atoms with Crippen LogP contribution in [0.25, 0.3) is 11.1 Å². The molecule has 0 aromatic heterocycles. The van der Waals surface area contributed by atoms with Crippen LogP contribution in [0.3, 0.4) is 0 Å². The van der Waals surface area contributed by atoms with Crippen molar-refractivity contribution in [1.29, 1.82) is 0 Å². The summed E-state index contributed by atoms with van der Waals surface area (Å²) in [6.07, 6.45) is -0.518. The molecule has 0 fully saturated rings. The summed E-state index contributed by atoms with van der Waals surface area (Å²) in [5.41, 5.74) is 4.97. The molecule has 0 saturated carbocycles. The molecule has 33 heavy (non-hydrogen) atoms. The van der Waals surface area contributed by atoms with E-state index in [2.05, 4.69) is 17.4 Å². The number of amides is 1. The number of phenolic OH excluding ortho intramolecular Hbond substituents is 1. The molecular formula is C26H24FNO5. The number of ether oxygens (including phenoxy) is 2. The molecule has 0 heterocycles. The summed E-state index contributed by atoms with van der Waals surface area (Å²) < 4.78 is 23.9. The lowest BCUT2D eigenvalue weighted by Gasteiger charge is -2.17. The summed E-state index contributed by atoms with van der Waals surface area (Å²) in [4.78, 5) is 24.6. The third-order valence-electron chi connectivity index (χ3n) is 5.87. The number of carbonyl (C=O) groups excluding carboxylic acids is 2. The van der Waals surface area contributed by atoms with Gasteiger partial charge in [-0.2, -0.15) is 0 Å². The number of phenols is 1. The molecule has 2 N–H and O–H groups in total. The molecule has 1 aliphatic carbocycles. The summed E-state index contributed by atoms with van der Waals surface area (Å²) in [6, 6.07) is 20.0. The molecule has 1 aliphatic rings. The number of fused-ring (bicyclic) bond motifs is 3. The van der Waals surface area contributed by atoms with Crippen molar-refractivity contribution in [2.24, 2.45) is 5.92 Å². The van der Waals surface area contributed by atoms with Crippen LogP contribution in [0, 0.1) is 11.7 Å². The standard InChI is InChI=1S/C26H24FNO5/c1-32-25(30)17(12-16-10-11-24(29)23(27)13-16)14-28-26(31)33-15-22-20-8-4-2-6-18(20)19-7-3-5-9-21(19)22/h2-11,13,17,22,29H,12,14-15H2,1H3,(H,28,31). The van der Waals surface area contributed by atoms with Crippen LogP contribution in [-0.4, -0.2) is 37.4 Å². The number of halogens is 1. The lowest BCUT2D eigenvalue weighted by atomic mass is 9.98. The van der Waals surface area contributed by atoms with Gasteiger partial charge in [0.05, 0.1) is 13.0 Å². The van der Waals surface area contributed by atoms with Gasteiger partial charge in [-0.1, -0.05) is 54.6 Å². The summed E-state index contributed by atoms with van der Waals surface area (Å²) in [7, 11) is 1.25. The van der Waals surface area contributed by atoms with E-state index in [1.807, 2.05) is 36.4 Å². The molecule has 0 saturated heterocycles. The number of nitrogens with one attached hydrogen (secondary N) is 1. The molecule has 7 heteroatoms. The number of alkyl carbamates (subject to hydrolysis) is 1. The Labute approximate surface area is 191 Å². The second kappa shape index (κ2) is 9.73. The van der Waals surface area contributed by atoms with Crippen LogP contribution in [0.1, 0.15) is 22.6 Å². The normalized spacial score (nSPS) is 13.0. The fourth-order valence-electron chi connectivity index (χ4n) is 4.22. The van der Waals surface area contributed by atoms with E-state index in [4.69, 9.17) is 9.47 Å². The van der Waals surface area contributed by atoms with Crippen LogP contribution >= 0.6 is 0 Å². The highest BCUT2D eigenvalue weighted by molar-refractivity contribution is 5.79. The first-order chi connectivity index (χ1) is 16.0. The minimum absolute atomic E-state index is 0.0359. The largest absolute Gasteiger partial charge is 0.505 e. The highest BCUT2D eigenvalue weighted by Gasteiger charge is 2.29. The molecule has 6 nitrogen and oxygen atoms in total. The first kappa shape index (κ1) is 22.3. The Hall–Kier alpha value is -3.87. The Morgan fingerprint density at radius 3 is 2.27 bits per heavy atom. The number of rotatable bonds is 7. The first-order valence-electron chi connectivity index (χ1n) is 10.6. The molecule has 0 spiro atoms. The molecule has 1 unspecified atom stereocenters. The second-order valence-corrected chi connectivity index (χ2v) is 7.92. The van der Waals surface area contributed by atoms with Crippen molar-refractivity contribution in [3.05, 3.63) is 89.2 Å². The zero-order valence-electron chi connectivity index (χ0n) is 18.1. The van der Waals surface area contributed by atoms with E-state index >= 15 is 0 Å². The molecule has 1 atom stereocenters. The van der Waals surface area contributed by atoms with Gasteiger partial charge in [-0.05, 0) is 46.4 Å². The van der Waals surface area contributed by atoms with Crippen LogP contribution in [0.4, 0.5) is 9.18 Å². The van der Waals surface area contributed by atoms with Gasteiger partial charge in [-0.25, -0.2) is 9.18 Å². The number of esters is 1. The topological polar surface area (TPSA) is 84.9 Å². The van der Waals surface area contributed by atoms with Crippen molar-refractivity contribution in [2.45, 2.75) is 12.3 Å². The van der Waals surface area contributed by atoms with E-state index in [0.29, 0.717) is 5.56 Å². The van der Waals surface area contributed by atoms with Crippen LogP contribution in [0.5, 0.6) is 5.75 Å². The second-order valence-electron chi connectivity index (χ2n) is 7.92. The van der Waals surface area contributed by atoms with Crippen molar-refractivity contribution >= 4 is 12.1 Å². The predicted molar refractivity (Wildman–Crippen MR) is 120 cm³/mol. The predicted octanol–water partition coefficient (Wildman–Crippen LogP) is 4.40. The van der Waals surface area contributed by atoms with Gasteiger partial charge in [-0.15, -0.1) is 0 Å². The van der Waals surface area contributed by atoms with E-state index in [0.717, 1.165) is 28.3 Å². The number of hydrogen-bond acceptors (Lipinski definition) is 5. The van der Waals surface area contributed by atoms with Gasteiger partial charge in [0.25, 0.3) is 0 Å². The summed E-state index contributed by atoms with van der Waals surface area (Å²) in [6.45, 7) is 0.123. The Morgan fingerprint density at radius 1 is 1.03 bits per heavy atom. The van der Waals surface area contributed by atoms with Gasteiger partial charge < -0.3 is 19.9 Å². The highest BCUT2D eigenvalue weighted by Crippen LogP contribution is 2.44. The number of hydrogen-bond donors (Lipinski definition) is 2. The fraction of sp³-hybridized carbons (Fsp3) is 0.231. The SMILES string of the molecule is COC(=O)C(CNC(=O)OCC1c2ccccc2-c2ccccc21)Cc1ccc(O)c(F)c1. The van der Waals surface area contributed by atoms with Crippen LogP contribution in [-0.2, 0) is 20.7 Å². The maximum Gasteiger partial charge on any atom is 0.407 e. The van der Waals surface area contributed by atoms with Gasteiger partial charge in [0.1, 0.15) is 6.61 Å². The molecule has 0 bridgehead atoms. The molecule has 4 rings (SSSR count). The van der Waals surface area contributed by atoms with Crippen LogP contribution in [0.15, 0.2) is 66.7 Å². The van der Waals surface area contributed by atoms with Gasteiger partial charge in [0.15, 0.2) is 11.6 Å². The van der Waals surface area contributed by atoms with Gasteiger partial charge >= 0.3 is 12.1 Å². The van der Waals surface area contributed by atoms with Crippen molar-refractivity contribution in [1.82, 2.24) is 5.32 Å². The Balaban J connectivity index is 1.38. The van der Waals surface area contributed by atoms with E-state index < -0.39 is 29.5 Å². The van der Waals surface area contributed by atoms with Crippen LogP contribution < -0.4 is 5.32 Å². The molecule has 1 amide bonds. The van der Waals surface area contributed by atoms with E-state index in [-0.39, 0.29) is 25.5 Å². The smallest absolute Gasteiger partial charge is 0.407 e. The maximum atomic E-state index is 13.6. The minimum Gasteiger partial charge on any atom is -0.505 e. The quantitative estimate of drug-likeness (QED) is 0.522. The van der Waals surface area contributed by atoms with Crippen molar-refractivity contribution in [3.63, 3.8) is 0 Å². The van der Waals surface area contributed by atoms with E-state index in [1.54, 1.807) is 0 Å². The lowest BCUT2D eigenvalue weighted by Crippen LogP contribution is -2.35. The van der Waals surface area contributed by atoms with Crippen molar-refractivity contribution < 1.29 is 28.6 Å². The Bertz CT molecular complexity index is 1130. The number of aromatic hydroxyl groups is 1. The minimum atomic E-state index is -0.777. The molecule has 3 aromatic rings. The maximum absolute atomic E-state index is 13.6. The Morgan fingerprint density at radius 2 is 1.67 bits per heavy atom. The van der Waals surface area contributed by atoms with Crippen molar-refractivity contribution in [2.75, 3.05) is 20.3 Å².